The van der Waals surface area contributed by atoms with Gasteiger partial charge < -0.3 is 15.4 Å². The van der Waals surface area contributed by atoms with Crippen LogP contribution in [0, 0.1) is 0 Å². The molecule has 1 amide bonds. The maximum Gasteiger partial charge on any atom is 0.412 e. The Balaban J connectivity index is 1.80. The molecule has 0 saturated carbocycles. The van der Waals surface area contributed by atoms with Gasteiger partial charge in [0.05, 0.1) is 6.20 Å². The first-order chi connectivity index (χ1) is 7.84. The minimum atomic E-state index is -0.415. The number of amides is 1. The number of ether oxygens (including phenoxy) is 1. The number of nitrogens with zero attached hydrogens (tertiary/aromatic N) is 1. The maximum absolute atomic E-state index is 11.5. The van der Waals surface area contributed by atoms with Gasteiger partial charge in [-0.2, -0.15) is 0 Å². The fraction of sp³-hybridized carbons (Fsp3) is 0.455. The molecule has 0 radical (unpaired) electrons. The van der Waals surface area contributed by atoms with Crippen LogP contribution in [0.3, 0.4) is 0 Å². The molecule has 0 bridgehead atoms. The van der Waals surface area contributed by atoms with Crippen molar-refractivity contribution < 1.29 is 9.53 Å². The van der Waals surface area contributed by atoms with Crippen molar-refractivity contribution in [3.63, 3.8) is 0 Å². The molecule has 1 atom stereocenters. The van der Waals surface area contributed by atoms with E-state index in [1.807, 2.05) is 0 Å². The lowest BCUT2D eigenvalue weighted by molar-refractivity contribution is 0.193. The Bertz CT molecular complexity index is 336. The lowest BCUT2D eigenvalue weighted by atomic mass is 10.1. The molecule has 2 rings (SSSR count). The Morgan fingerprint density at radius 3 is 3.25 bits per heavy atom. The average Bonchev–Trinajstić information content (AvgIpc) is 2.31. The predicted molar refractivity (Wildman–Crippen MR) is 59.3 cm³/mol. The lowest BCUT2D eigenvalue weighted by Gasteiger charge is -2.23. The van der Waals surface area contributed by atoms with E-state index in [-0.39, 0.29) is 6.04 Å². The van der Waals surface area contributed by atoms with Crippen molar-refractivity contribution in [3.05, 3.63) is 24.5 Å². The van der Waals surface area contributed by atoms with Crippen molar-refractivity contribution >= 4 is 6.09 Å². The number of rotatable bonds is 2. The first-order valence-electron chi connectivity index (χ1n) is 5.44. The highest BCUT2D eigenvalue weighted by atomic mass is 16.6. The van der Waals surface area contributed by atoms with Crippen molar-refractivity contribution in [1.82, 2.24) is 15.6 Å². The molecule has 2 heterocycles. The predicted octanol–water partition coefficient (Wildman–Crippen LogP) is 0.922. The molecule has 86 valence electrons. The van der Waals surface area contributed by atoms with E-state index >= 15 is 0 Å². The van der Waals surface area contributed by atoms with Crippen LogP contribution in [0.2, 0.25) is 0 Å². The van der Waals surface area contributed by atoms with Crippen molar-refractivity contribution in [1.29, 1.82) is 0 Å². The highest BCUT2D eigenvalue weighted by Crippen LogP contribution is 2.07. The summed E-state index contributed by atoms with van der Waals surface area (Å²) in [7, 11) is 0. The smallest absolute Gasteiger partial charge is 0.409 e. The molecule has 0 aliphatic carbocycles. The van der Waals surface area contributed by atoms with E-state index in [1.165, 1.54) is 6.20 Å². The summed E-state index contributed by atoms with van der Waals surface area (Å²) in [6.45, 7) is 1.83. The molecule has 16 heavy (non-hydrogen) atoms. The second-order valence-corrected chi connectivity index (χ2v) is 3.77. The molecule has 1 aliphatic heterocycles. The van der Waals surface area contributed by atoms with E-state index in [0.717, 1.165) is 25.9 Å². The number of nitrogens with one attached hydrogen (secondary N) is 2. The van der Waals surface area contributed by atoms with E-state index in [9.17, 15) is 4.79 Å². The van der Waals surface area contributed by atoms with Gasteiger partial charge in [-0.15, -0.1) is 0 Å². The summed E-state index contributed by atoms with van der Waals surface area (Å²) >= 11 is 0. The van der Waals surface area contributed by atoms with Crippen LogP contribution in [-0.2, 0) is 0 Å². The molecule has 1 fully saturated rings. The van der Waals surface area contributed by atoms with Gasteiger partial charge in [0, 0.05) is 18.8 Å². The third kappa shape index (κ3) is 3.20. The van der Waals surface area contributed by atoms with Gasteiger partial charge in [-0.25, -0.2) is 4.79 Å². The molecule has 1 aromatic heterocycles. The summed E-state index contributed by atoms with van der Waals surface area (Å²) in [6, 6.07) is 3.59. The summed E-state index contributed by atoms with van der Waals surface area (Å²) in [4.78, 5) is 15.4. The van der Waals surface area contributed by atoms with Crippen LogP contribution in [0.4, 0.5) is 4.79 Å². The fourth-order valence-electron chi connectivity index (χ4n) is 1.69. The molecule has 0 aromatic carbocycles. The maximum atomic E-state index is 11.5. The summed E-state index contributed by atoms with van der Waals surface area (Å²) in [6.07, 6.45) is 4.81. The second-order valence-electron chi connectivity index (χ2n) is 3.77. The van der Waals surface area contributed by atoms with E-state index < -0.39 is 6.09 Å². The van der Waals surface area contributed by atoms with Crippen molar-refractivity contribution in [2.24, 2.45) is 0 Å². The number of pyridine rings is 1. The van der Waals surface area contributed by atoms with Gasteiger partial charge >= 0.3 is 6.09 Å². The summed E-state index contributed by atoms with van der Waals surface area (Å²) in [5.74, 6) is 0.462. The summed E-state index contributed by atoms with van der Waals surface area (Å²) in [5.41, 5.74) is 0. The second kappa shape index (κ2) is 5.46. The first-order valence-corrected chi connectivity index (χ1v) is 5.44. The van der Waals surface area contributed by atoms with Crippen molar-refractivity contribution in [2.75, 3.05) is 13.1 Å². The molecular weight excluding hydrogens is 206 g/mol. The highest BCUT2D eigenvalue weighted by molar-refractivity contribution is 5.70. The van der Waals surface area contributed by atoms with E-state index in [2.05, 4.69) is 15.6 Å². The molecule has 5 nitrogen and oxygen atoms in total. The Kier molecular flexibility index (Phi) is 3.71. The molecule has 1 aromatic rings. The average molecular weight is 221 g/mol. The van der Waals surface area contributed by atoms with Crippen LogP contribution in [0.1, 0.15) is 12.8 Å². The molecule has 1 unspecified atom stereocenters. The number of piperidine rings is 1. The Labute approximate surface area is 94.2 Å². The molecular formula is C11H15N3O2. The lowest BCUT2D eigenvalue weighted by Crippen LogP contribution is -2.46. The zero-order valence-corrected chi connectivity index (χ0v) is 8.98. The van der Waals surface area contributed by atoms with Crippen LogP contribution in [0.5, 0.6) is 5.75 Å². The summed E-state index contributed by atoms with van der Waals surface area (Å²) < 4.78 is 5.08. The number of carbonyl (C=O) groups excluding carboxylic acids is 1. The van der Waals surface area contributed by atoms with Crippen molar-refractivity contribution in [2.45, 2.75) is 18.9 Å². The van der Waals surface area contributed by atoms with Gasteiger partial charge in [0.25, 0.3) is 0 Å². The van der Waals surface area contributed by atoms with E-state index in [0.29, 0.717) is 5.75 Å². The third-order valence-corrected chi connectivity index (χ3v) is 2.46. The number of hydrogen-bond acceptors (Lipinski definition) is 4. The van der Waals surface area contributed by atoms with Gasteiger partial charge in [0.2, 0.25) is 0 Å². The minimum absolute atomic E-state index is 0.165. The van der Waals surface area contributed by atoms with E-state index in [1.54, 1.807) is 18.3 Å². The topological polar surface area (TPSA) is 63.2 Å². The Hall–Kier alpha value is -1.62. The molecule has 5 heteroatoms. The number of carbonyl (C=O) groups is 1. The molecule has 1 saturated heterocycles. The largest absolute Gasteiger partial charge is 0.412 e. The van der Waals surface area contributed by atoms with Crippen LogP contribution in [0.25, 0.3) is 0 Å². The zero-order valence-electron chi connectivity index (χ0n) is 8.98. The quantitative estimate of drug-likeness (QED) is 0.779. The van der Waals surface area contributed by atoms with Crippen molar-refractivity contribution in [3.8, 4) is 5.75 Å². The number of hydrogen-bond donors (Lipinski definition) is 2. The van der Waals surface area contributed by atoms with Crippen LogP contribution >= 0.6 is 0 Å². The monoisotopic (exact) mass is 221 g/mol. The van der Waals surface area contributed by atoms with Gasteiger partial charge in [0.15, 0.2) is 5.75 Å². The zero-order chi connectivity index (χ0) is 11.2. The van der Waals surface area contributed by atoms with Gasteiger partial charge in [0.1, 0.15) is 0 Å². The third-order valence-electron chi connectivity index (χ3n) is 2.46. The van der Waals surface area contributed by atoms with Gasteiger partial charge in [-0.1, -0.05) is 0 Å². The Morgan fingerprint density at radius 1 is 1.62 bits per heavy atom. The standard InChI is InChI=1S/C11H15N3O2/c15-11(14-9-3-1-5-12-7-9)16-10-4-2-6-13-8-10/h2,4,6,8-9,12H,1,3,5,7H2,(H,14,15). The molecule has 1 aliphatic rings. The first kappa shape index (κ1) is 10.9. The normalized spacial score (nSPS) is 20.1. The highest BCUT2D eigenvalue weighted by Gasteiger charge is 2.16. The van der Waals surface area contributed by atoms with E-state index in [4.69, 9.17) is 4.74 Å². The minimum Gasteiger partial charge on any atom is -0.409 e. The van der Waals surface area contributed by atoms with Gasteiger partial charge in [-0.3, -0.25) is 4.98 Å². The Morgan fingerprint density at radius 2 is 2.56 bits per heavy atom. The summed E-state index contributed by atoms with van der Waals surface area (Å²) in [5, 5.41) is 6.04. The SMILES string of the molecule is O=C(NC1CCCNC1)Oc1cccnc1. The fourth-order valence-corrected chi connectivity index (χ4v) is 1.69. The van der Waals surface area contributed by atoms with Gasteiger partial charge in [-0.05, 0) is 31.5 Å². The molecule has 0 spiro atoms. The van der Waals surface area contributed by atoms with Crippen LogP contribution in [0.15, 0.2) is 24.5 Å². The number of aromatic nitrogens is 1. The van der Waals surface area contributed by atoms with Crippen LogP contribution < -0.4 is 15.4 Å². The van der Waals surface area contributed by atoms with Crippen LogP contribution in [-0.4, -0.2) is 30.2 Å². The molecule has 2 N–H and O–H groups in total.